The van der Waals surface area contributed by atoms with Gasteiger partial charge in [0.05, 0.1) is 27.9 Å². The van der Waals surface area contributed by atoms with Crippen LogP contribution in [0, 0.1) is 11.2 Å². The molecule has 0 amide bonds. The van der Waals surface area contributed by atoms with E-state index in [4.69, 9.17) is 11.6 Å². The summed E-state index contributed by atoms with van der Waals surface area (Å²) >= 11 is 5.99. The van der Waals surface area contributed by atoms with Gasteiger partial charge in [-0.1, -0.05) is 23.2 Å². The van der Waals surface area contributed by atoms with Crippen LogP contribution in [0.1, 0.15) is 41.0 Å². The summed E-state index contributed by atoms with van der Waals surface area (Å²) in [5, 5.41) is 5.02. The average molecular weight is 577 g/mol. The number of rotatable bonds is 6. The molecule has 0 radical (unpaired) electrons. The number of pyridine rings is 1. The van der Waals surface area contributed by atoms with Crippen LogP contribution in [0.2, 0.25) is 5.02 Å². The lowest BCUT2D eigenvalue weighted by Gasteiger charge is -2.45. The zero-order valence-electron chi connectivity index (χ0n) is 21.7. The number of allylic oxidation sites excluding steroid dienone is 1. The molecule has 2 aromatic heterocycles. The van der Waals surface area contributed by atoms with E-state index in [0.717, 1.165) is 16.8 Å². The summed E-state index contributed by atoms with van der Waals surface area (Å²) in [5.74, 6) is -0.472. The number of ketones is 1. The highest BCUT2D eigenvalue weighted by molar-refractivity contribution is 7.89. The lowest BCUT2D eigenvalue weighted by Crippen LogP contribution is -2.49. The van der Waals surface area contributed by atoms with Gasteiger partial charge in [-0.25, -0.2) is 17.5 Å². The van der Waals surface area contributed by atoms with Gasteiger partial charge in [0.2, 0.25) is 10.0 Å². The minimum Gasteiger partial charge on any atom is -0.291 e. The van der Waals surface area contributed by atoms with Crippen LogP contribution in [0.5, 0.6) is 0 Å². The molecule has 10 heteroatoms. The van der Waals surface area contributed by atoms with E-state index in [1.807, 2.05) is 6.08 Å². The number of halogens is 2. The second-order valence-electron chi connectivity index (χ2n) is 10.3. The second-order valence-corrected chi connectivity index (χ2v) is 12.7. The van der Waals surface area contributed by atoms with Crippen molar-refractivity contribution < 1.29 is 17.6 Å². The first-order valence-electron chi connectivity index (χ1n) is 12.9. The number of benzene rings is 2. The van der Waals surface area contributed by atoms with E-state index >= 15 is 0 Å². The first-order valence-corrected chi connectivity index (χ1v) is 14.7. The third-order valence-corrected chi connectivity index (χ3v) is 10.2. The maximum absolute atomic E-state index is 14.3. The smallest absolute Gasteiger partial charge is 0.243 e. The molecule has 0 bridgehead atoms. The van der Waals surface area contributed by atoms with Crippen molar-refractivity contribution in [3.8, 4) is 5.69 Å². The van der Waals surface area contributed by atoms with Crippen LogP contribution < -0.4 is 0 Å². The second kappa shape index (κ2) is 10.1. The van der Waals surface area contributed by atoms with Crippen molar-refractivity contribution in [1.29, 1.82) is 0 Å². The number of hydrogen-bond donors (Lipinski definition) is 0. The van der Waals surface area contributed by atoms with Crippen molar-refractivity contribution in [2.24, 2.45) is 5.41 Å². The van der Waals surface area contributed by atoms with Crippen molar-refractivity contribution >= 4 is 33.5 Å². The minimum atomic E-state index is -3.83. The van der Waals surface area contributed by atoms with E-state index in [9.17, 15) is 17.6 Å². The van der Waals surface area contributed by atoms with E-state index in [1.165, 1.54) is 28.6 Å². The highest BCUT2D eigenvalue weighted by Crippen LogP contribution is 2.51. The van der Waals surface area contributed by atoms with Gasteiger partial charge < -0.3 is 0 Å². The summed E-state index contributed by atoms with van der Waals surface area (Å²) in [6, 6.07) is 17.0. The molecule has 2 aromatic carbocycles. The minimum absolute atomic E-state index is 0.137. The normalized spacial score (nSPS) is 20.5. The molecule has 2 atom stereocenters. The summed E-state index contributed by atoms with van der Waals surface area (Å²) in [6.07, 6.45) is 7.06. The summed E-state index contributed by atoms with van der Waals surface area (Å²) in [6.45, 7) is 0. The van der Waals surface area contributed by atoms with Crippen molar-refractivity contribution in [2.45, 2.75) is 36.6 Å². The van der Waals surface area contributed by atoms with Gasteiger partial charge in [-0.2, -0.15) is 9.40 Å². The monoisotopic (exact) mass is 576 g/mol. The number of aromatic nitrogens is 3. The fourth-order valence-corrected chi connectivity index (χ4v) is 7.40. The maximum Gasteiger partial charge on any atom is 0.243 e. The third-order valence-electron chi connectivity index (χ3n) is 8.04. The molecule has 1 fully saturated rings. The topological polar surface area (TPSA) is 85.2 Å². The molecule has 40 heavy (non-hydrogen) atoms. The van der Waals surface area contributed by atoms with Crippen LogP contribution >= 0.6 is 11.6 Å². The highest BCUT2D eigenvalue weighted by atomic mass is 35.5. The lowest BCUT2D eigenvalue weighted by molar-refractivity contribution is 0.0747. The Balaban J connectivity index is 1.41. The fraction of sp³-hybridized carbons (Fsp3) is 0.233. The fourth-order valence-electron chi connectivity index (χ4n) is 5.89. The molecular formula is C30H26ClFN4O3S. The van der Waals surface area contributed by atoms with E-state index in [0.29, 0.717) is 42.1 Å². The van der Waals surface area contributed by atoms with Gasteiger partial charge in [-0.05, 0) is 98.0 Å². The number of sulfonamides is 1. The van der Waals surface area contributed by atoms with E-state index < -0.39 is 21.5 Å². The molecule has 2 aliphatic rings. The molecule has 0 aliphatic heterocycles. The van der Waals surface area contributed by atoms with Gasteiger partial charge in [0.1, 0.15) is 11.5 Å². The Morgan fingerprint density at radius 1 is 1.10 bits per heavy atom. The molecule has 4 aromatic rings. The summed E-state index contributed by atoms with van der Waals surface area (Å²) in [4.78, 5) is 18.8. The van der Waals surface area contributed by atoms with Crippen molar-refractivity contribution in [1.82, 2.24) is 19.1 Å². The van der Waals surface area contributed by atoms with Crippen molar-refractivity contribution in [3.63, 3.8) is 0 Å². The number of Topliss-reactive ketones (excluding diaryl/α,β-unsaturated/α-hetero) is 1. The maximum atomic E-state index is 14.3. The predicted octanol–water partition coefficient (Wildman–Crippen LogP) is 5.74. The summed E-state index contributed by atoms with van der Waals surface area (Å²) in [5.41, 5.74) is 2.70. The zero-order valence-corrected chi connectivity index (χ0v) is 23.2. The van der Waals surface area contributed by atoms with E-state index in [2.05, 4.69) is 10.1 Å². The first kappa shape index (κ1) is 26.6. The molecule has 2 aliphatic carbocycles. The predicted molar refractivity (Wildman–Crippen MR) is 150 cm³/mol. The van der Waals surface area contributed by atoms with Gasteiger partial charge in [0, 0.05) is 24.3 Å². The average Bonchev–Trinajstić information content (AvgIpc) is 3.38. The molecule has 0 N–H and O–H groups in total. The Hall–Kier alpha value is -3.66. The molecule has 0 spiro atoms. The summed E-state index contributed by atoms with van der Waals surface area (Å²) < 4.78 is 43.8. The van der Waals surface area contributed by atoms with Crippen LogP contribution in [-0.2, 0) is 16.4 Å². The molecule has 6 rings (SSSR count). The van der Waals surface area contributed by atoms with Gasteiger partial charge in [-0.3, -0.25) is 9.78 Å². The first-order chi connectivity index (χ1) is 19.2. The largest absolute Gasteiger partial charge is 0.291 e. The quantitative estimate of drug-likeness (QED) is 0.273. The Kier molecular flexibility index (Phi) is 6.68. The Morgan fingerprint density at radius 3 is 2.55 bits per heavy atom. The molecule has 0 saturated heterocycles. The molecule has 204 valence electrons. The molecule has 2 heterocycles. The standard InChI is InChI=1S/C30H26ClFN4O3S/c1-35(40(38,39)26-13-6-22(31)7-14-26)25-10-5-21-16-28-20(19-34-36(28)24-11-8-23(32)9-12-24)17-30(21,18-25)29(37)27-4-2-3-15-33-27/h2-4,6-9,11-16,19,25H,5,10,17-18H2,1H3/t25-,30-/m0/s1. The SMILES string of the molecule is CN([C@H]1CCC2=Cc3c(cnn3-c3ccc(F)cc3)C[C@]2(C(=O)c2ccccn2)C1)S(=O)(=O)c1ccc(Cl)cc1. The molecule has 7 nitrogen and oxygen atoms in total. The van der Waals surface area contributed by atoms with E-state index in [-0.39, 0.29) is 16.5 Å². The third kappa shape index (κ3) is 4.48. The van der Waals surface area contributed by atoms with Gasteiger partial charge in [-0.15, -0.1) is 0 Å². The highest BCUT2D eigenvalue weighted by Gasteiger charge is 2.51. The number of nitrogens with zero attached hydrogens (tertiary/aromatic N) is 4. The number of carbonyl (C=O) groups is 1. The van der Waals surface area contributed by atoms with E-state index in [1.54, 1.807) is 66.6 Å². The van der Waals surface area contributed by atoms with Crippen molar-refractivity contribution in [3.05, 3.63) is 112 Å². The number of carbonyl (C=O) groups excluding carboxylic acids is 1. The van der Waals surface area contributed by atoms with Gasteiger partial charge in [0.25, 0.3) is 0 Å². The zero-order chi connectivity index (χ0) is 28.1. The number of fused-ring (bicyclic) bond motifs is 2. The van der Waals surface area contributed by atoms with Crippen LogP contribution in [-0.4, -0.2) is 46.4 Å². The lowest BCUT2D eigenvalue weighted by atomic mass is 9.60. The Morgan fingerprint density at radius 2 is 1.85 bits per heavy atom. The van der Waals surface area contributed by atoms with Crippen molar-refractivity contribution in [2.75, 3.05) is 7.05 Å². The molecular weight excluding hydrogens is 551 g/mol. The van der Waals surface area contributed by atoms with Gasteiger partial charge >= 0.3 is 0 Å². The van der Waals surface area contributed by atoms with Crippen LogP contribution in [0.4, 0.5) is 4.39 Å². The van der Waals surface area contributed by atoms with Gasteiger partial charge in [0.15, 0.2) is 5.78 Å². The number of hydrogen-bond acceptors (Lipinski definition) is 5. The molecule has 0 unspecified atom stereocenters. The Labute approximate surface area is 237 Å². The molecule has 1 saturated carbocycles. The summed E-state index contributed by atoms with van der Waals surface area (Å²) in [7, 11) is -2.25. The van der Waals surface area contributed by atoms with Crippen LogP contribution in [0.25, 0.3) is 11.8 Å². The Bertz CT molecular complexity index is 1720. The van der Waals surface area contributed by atoms with Crippen LogP contribution in [0.15, 0.2) is 89.6 Å². The van der Waals surface area contributed by atoms with Crippen LogP contribution in [0.3, 0.4) is 0 Å².